The van der Waals surface area contributed by atoms with Crippen LogP contribution in [0.25, 0.3) is 0 Å². The fraction of sp³-hybridized carbons (Fsp3) is 0.833. The van der Waals surface area contributed by atoms with Crippen LogP contribution in [0.3, 0.4) is 0 Å². The van der Waals surface area contributed by atoms with Crippen molar-refractivity contribution in [2.45, 2.75) is 96.5 Å². The Morgan fingerprint density at radius 1 is 0.929 bits per heavy atom. The molecule has 0 bridgehead atoms. The molecular weight excluding hydrogens is 438 g/mol. The normalized spacial score (nSPS) is 11.7. The number of aliphatic hydroxyl groups excluding tert-OH is 1. The van der Waals surface area contributed by atoms with Gasteiger partial charge in [0.05, 0.1) is 6.10 Å². The van der Waals surface area contributed by atoms with Crippen LogP contribution < -0.4 is 103 Å². The van der Waals surface area contributed by atoms with Crippen molar-refractivity contribution in [3.63, 3.8) is 0 Å². The second-order valence-corrected chi connectivity index (χ2v) is 7.14. The third-order valence-corrected chi connectivity index (χ3v) is 3.73. The summed E-state index contributed by atoms with van der Waals surface area (Å²) >= 11 is 0. The SMILES string of the molecule is CCCCCC[C@@H](O)C/C=C\CCCCCCCC(=O)O.O=S(=O)([O-])[O-].[K+].[K+]. The number of rotatable bonds is 15. The van der Waals surface area contributed by atoms with Crippen LogP contribution in [0.15, 0.2) is 12.2 Å². The van der Waals surface area contributed by atoms with E-state index in [2.05, 4.69) is 19.1 Å². The zero-order valence-electron chi connectivity index (χ0n) is 17.8. The molecule has 156 valence electrons. The molecule has 7 nitrogen and oxygen atoms in total. The van der Waals surface area contributed by atoms with E-state index < -0.39 is 16.4 Å². The minimum absolute atomic E-state index is 0. The minimum Gasteiger partial charge on any atom is -0.759 e. The molecule has 0 rings (SSSR count). The van der Waals surface area contributed by atoms with E-state index in [9.17, 15) is 9.90 Å². The second kappa shape index (κ2) is 27.3. The van der Waals surface area contributed by atoms with E-state index >= 15 is 0 Å². The van der Waals surface area contributed by atoms with Crippen molar-refractivity contribution in [3.05, 3.63) is 12.2 Å². The van der Waals surface area contributed by atoms with Gasteiger partial charge in [-0.1, -0.05) is 64.0 Å². The second-order valence-electron chi connectivity index (χ2n) is 6.32. The molecule has 0 aromatic heterocycles. The average molecular weight is 473 g/mol. The standard InChI is InChI=1S/C18H34O3.2K.H2O4S/c1-2-3-4-11-14-17(19)15-12-9-7-5-6-8-10-13-16-18(20)21;;;1-5(2,3)4/h9,12,17,19H,2-8,10-11,13-16H2,1H3,(H,20,21);;;(H2,1,2,3,4)/q;2*+1;/p-2/b12-9-;;;/t17-;;;/m1.../s1. The summed E-state index contributed by atoms with van der Waals surface area (Å²) in [6, 6.07) is 0. The van der Waals surface area contributed by atoms with Gasteiger partial charge >= 0.3 is 109 Å². The van der Waals surface area contributed by atoms with Crippen molar-refractivity contribution in [1.29, 1.82) is 0 Å². The van der Waals surface area contributed by atoms with E-state index in [-0.39, 0.29) is 109 Å². The molecule has 0 amide bonds. The number of hydrogen-bond donors (Lipinski definition) is 2. The van der Waals surface area contributed by atoms with Gasteiger partial charge in [-0.25, -0.2) is 0 Å². The molecule has 0 radical (unpaired) electrons. The Labute approximate surface area is 255 Å². The maximum atomic E-state index is 10.3. The zero-order valence-corrected chi connectivity index (χ0v) is 24.8. The number of allylic oxidation sites excluding steroid dienone is 1. The number of hydrogen-bond acceptors (Lipinski definition) is 6. The number of carboxylic acid groups (broad SMARTS) is 1. The van der Waals surface area contributed by atoms with Gasteiger partial charge < -0.3 is 19.3 Å². The van der Waals surface area contributed by atoms with Crippen LogP contribution in [0.2, 0.25) is 0 Å². The molecule has 0 aliphatic carbocycles. The molecule has 0 fully saturated rings. The largest absolute Gasteiger partial charge is 1.00 e. The van der Waals surface area contributed by atoms with Crippen LogP contribution >= 0.6 is 0 Å². The van der Waals surface area contributed by atoms with E-state index in [0.717, 1.165) is 51.4 Å². The van der Waals surface area contributed by atoms with Gasteiger partial charge in [0.1, 0.15) is 0 Å². The molecule has 10 heteroatoms. The van der Waals surface area contributed by atoms with Gasteiger partial charge in [-0.05, 0) is 32.1 Å². The van der Waals surface area contributed by atoms with Gasteiger partial charge in [0, 0.05) is 16.8 Å². The molecule has 2 N–H and O–H groups in total. The summed E-state index contributed by atoms with van der Waals surface area (Å²) in [5.74, 6) is -0.689. The molecular formula is C18H34K2O7S. The van der Waals surface area contributed by atoms with Crippen LogP contribution in [0.4, 0.5) is 0 Å². The fourth-order valence-corrected chi connectivity index (χ4v) is 2.36. The predicted molar refractivity (Wildman–Crippen MR) is 99.0 cm³/mol. The monoisotopic (exact) mass is 472 g/mol. The molecule has 0 heterocycles. The summed E-state index contributed by atoms with van der Waals surface area (Å²) in [5.41, 5.74) is 0. The molecule has 0 aromatic rings. The van der Waals surface area contributed by atoms with Crippen molar-refractivity contribution >= 4 is 16.4 Å². The number of carboxylic acids is 1. The first kappa shape index (κ1) is 37.6. The molecule has 0 saturated carbocycles. The topological polar surface area (TPSA) is 138 Å². The summed E-state index contributed by atoms with van der Waals surface area (Å²) in [6.07, 6.45) is 17.4. The van der Waals surface area contributed by atoms with Gasteiger partial charge in [-0.2, -0.15) is 0 Å². The van der Waals surface area contributed by atoms with E-state index in [0.29, 0.717) is 6.42 Å². The van der Waals surface area contributed by atoms with Gasteiger partial charge in [0.25, 0.3) is 0 Å². The maximum Gasteiger partial charge on any atom is 1.00 e. The molecule has 0 aliphatic heterocycles. The van der Waals surface area contributed by atoms with Crippen molar-refractivity contribution in [2.75, 3.05) is 0 Å². The number of aliphatic hydroxyl groups is 1. The predicted octanol–water partition coefficient (Wildman–Crippen LogP) is -2.25. The smallest absolute Gasteiger partial charge is 0.759 e. The molecule has 0 spiro atoms. The Bertz CT molecular complexity index is 449. The van der Waals surface area contributed by atoms with Gasteiger partial charge in [0.2, 0.25) is 0 Å². The van der Waals surface area contributed by atoms with Gasteiger partial charge in [-0.15, -0.1) is 0 Å². The van der Waals surface area contributed by atoms with Crippen molar-refractivity contribution in [3.8, 4) is 0 Å². The van der Waals surface area contributed by atoms with Crippen LogP contribution in [-0.2, 0) is 15.2 Å². The Kier molecular flexibility index (Phi) is 36.7. The van der Waals surface area contributed by atoms with E-state index in [1.54, 1.807) is 0 Å². The first-order chi connectivity index (χ1) is 12.2. The number of carbonyl (C=O) groups is 1. The van der Waals surface area contributed by atoms with Crippen molar-refractivity contribution < 1.29 is 135 Å². The first-order valence-corrected chi connectivity index (χ1v) is 10.7. The Hall–Kier alpha value is 2.31. The molecule has 1 atom stereocenters. The maximum absolute atomic E-state index is 10.3. The van der Waals surface area contributed by atoms with Crippen LogP contribution in [0, 0.1) is 0 Å². The Morgan fingerprint density at radius 2 is 1.43 bits per heavy atom. The molecule has 0 aromatic carbocycles. The van der Waals surface area contributed by atoms with E-state index in [4.69, 9.17) is 22.6 Å². The number of unbranched alkanes of at least 4 members (excludes halogenated alkanes) is 8. The summed E-state index contributed by atoms with van der Waals surface area (Å²) in [7, 11) is -5.17. The summed E-state index contributed by atoms with van der Waals surface area (Å²) < 4.78 is 34.1. The average Bonchev–Trinajstić information content (AvgIpc) is 2.51. The summed E-state index contributed by atoms with van der Waals surface area (Å²) in [4.78, 5) is 10.3. The summed E-state index contributed by atoms with van der Waals surface area (Å²) in [5, 5.41) is 18.3. The Balaban J connectivity index is -0.000000364. The fourth-order valence-electron chi connectivity index (χ4n) is 2.36. The Morgan fingerprint density at radius 3 is 1.96 bits per heavy atom. The first-order valence-electron chi connectivity index (χ1n) is 9.38. The quantitative estimate of drug-likeness (QED) is 0.0902. The van der Waals surface area contributed by atoms with Crippen LogP contribution in [0.1, 0.15) is 90.4 Å². The van der Waals surface area contributed by atoms with Gasteiger partial charge in [-0.3, -0.25) is 13.2 Å². The van der Waals surface area contributed by atoms with Crippen LogP contribution in [-0.4, -0.2) is 39.8 Å². The zero-order chi connectivity index (χ0) is 20.3. The molecule has 0 aliphatic rings. The third kappa shape index (κ3) is 46.5. The van der Waals surface area contributed by atoms with Crippen molar-refractivity contribution in [2.24, 2.45) is 0 Å². The number of aliphatic carboxylic acids is 1. The molecule has 0 unspecified atom stereocenters. The summed E-state index contributed by atoms with van der Waals surface area (Å²) in [6.45, 7) is 2.20. The van der Waals surface area contributed by atoms with Gasteiger partial charge in [0.15, 0.2) is 0 Å². The van der Waals surface area contributed by atoms with E-state index in [1.807, 2.05) is 0 Å². The van der Waals surface area contributed by atoms with E-state index in [1.165, 1.54) is 25.7 Å². The third-order valence-electron chi connectivity index (χ3n) is 3.73. The van der Waals surface area contributed by atoms with Crippen LogP contribution in [0.5, 0.6) is 0 Å². The van der Waals surface area contributed by atoms with Crippen molar-refractivity contribution in [1.82, 2.24) is 0 Å². The molecule has 0 saturated heterocycles. The molecule has 28 heavy (non-hydrogen) atoms. The minimum atomic E-state index is -5.17.